The Labute approximate surface area is 90.1 Å². The molecule has 0 atom stereocenters. The number of methoxy groups -OCH3 is 1. The predicted octanol–water partition coefficient (Wildman–Crippen LogP) is 1.93. The summed E-state index contributed by atoms with van der Waals surface area (Å²) in [7, 11) is 3.61. The number of rotatable bonds is 3. The lowest BCUT2D eigenvalue weighted by atomic mass is 10.0. The fraction of sp³-hybridized carbons (Fsp3) is 0.636. The summed E-state index contributed by atoms with van der Waals surface area (Å²) in [6.45, 7) is 0. The van der Waals surface area contributed by atoms with Crippen molar-refractivity contribution < 1.29 is 4.74 Å². The van der Waals surface area contributed by atoms with E-state index in [0.29, 0.717) is 0 Å². The van der Waals surface area contributed by atoms with Crippen molar-refractivity contribution in [2.75, 3.05) is 19.5 Å². The van der Waals surface area contributed by atoms with Crippen LogP contribution < -0.4 is 5.32 Å². The largest absolute Gasteiger partial charge is 0.373 e. The van der Waals surface area contributed by atoms with Crippen molar-refractivity contribution in [3.8, 4) is 0 Å². The molecular weight excluding hydrogens is 190 g/mol. The van der Waals surface area contributed by atoms with E-state index in [1.54, 1.807) is 13.3 Å². The topological polar surface area (TPSA) is 47.0 Å². The van der Waals surface area contributed by atoms with Crippen molar-refractivity contribution in [2.45, 2.75) is 31.3 Å². The van der Waals surface area contributed by atoms with E-state index in [-0.39, 0.29) is 5.60 Å². The third kappa shape index (κ3) is 1.81. The molecule has 1 saturated carbocycles. The number of hydrogen-bond acceptors (Lipinski definition) is 4. The predicted molar refractivity (Wildman–Crippen MR) is 58.7 cm³/mol. The summed E-state index contributed by atoms with van der Waals surface area (Å²) in [6, 6.07) is 1.86. The highest BCUT2D eigenvalue weighted by atomic mass is 16.5. The summed E-state index contributed by atoms with van der Waals surface area (Å²) in [6.07, 6.45) is 6.22. The van der Waals surface area contributed by atoms with Gasteiger partial charge in [-0.3, -0.25) is 0 Å². The zero-order chi connectivity index (χ0) is 10.7. The normalized spacial score (nSPS) is 19.1. The summed E-state index contributed by atoms with van der Waals surface area (Å²) in [5.74, 6) is 1.66. The third-order valence-electron chi connectivity index (χ3n) is 3.12. The Kier molecular flexibility index (Phi) is 2.86. The van der Waals surface area contributed by atoms with E-state index < -0.39 is 0 Å². The van der Waals surface area contributed by atoms with Gasteiger partial charge in [-0.2, -0.15) is 0 Å². The second-order valence-corrected chi connectivity index (χ2v) is 3.92. The summed E-state index contributed by atoms with van der Waals surface area (Å²) in [5, 5.41) is 3.03. The fourth-order valence-electron chi connectivity index (χ4n) is 2.18. The van der Waals surface area contributed by atoms with E-state index in [4.69, 9.17) is 4.74 Å². The van der Waals surface area contributed by atoms with Crippen molar-refractivity contribution >= 4 is 5.82 Å². The minimum absolute atomic E-state index is 0.243. The molecule has 1 heterocycles. The van der Waals surface area contributed by atoms with Gasteiger partial charge >= 0.3 is 0 Å². The number of anilines is 1. The lowest BCUT2D eigenvalue weighted by molar-refractivity contribution is -0.0161. The standard InChI is InChI=1S/C11H17N3O/c1-12-9-5-8-13-10(14-9)11(15-2)6-3-4-7-11/h5,8H,3-4,6-7H2,1-2H3,(H,12,13,14). The molecule has 1 aromatic heterocycles. The van der Waals surface area contributed by atoms with Crippen molar-refractivity contribution in [1.82, 2.24) is 9.97 Å². The second kappa shape index (κ2) is 4.14. The van der Waals surface area contributed by atoms with Gasteiger partial charge in [-0.1, -0.05) is 0 Å². The van der Waals surface area contributed by atoms with Gasteiger partial charge in [0, 0.05) is 20.4 Å². The summed E-state index contributed by atoms with van der Waals surface area (Å²) in [4.78, 5) is 8.81. The van der Waals surface area contributed by atoms with Gasteiger partial charge < -0.3 is 10.1 Å². The van der Waals surface area contributed by atoms with Crippen LogP contribution in [0.25, 0.3) is 0 Å². The number of aromatic nitrogens is 2. The Hall–Kier alpha value is -1.16. The Morgan fingerprint density at radius 3 is 2.73 bits per heavy atom. The zero-order valence-electron chi connectivity index (χ0n) is 9.29. The Bertz CT molecular complexity index is 334. The van der Waals surface area contributed by atoms with Crippen LogP contribution in [-0.4, -0.2) is 24.1 Å². The number of hydrogen-bond donors (Lipinski definition) is 1. The highest BCUT2D eigenvalue weighted by molar-refractivity contribution is 5.32. The minimum atomic E-state index is -0.243. The van der Waals surface area contributed by atoms with Gasteiger partial charge in [0.2, 0.25) is 0 Å². The van der Waals surface area contributed by atoms with Gasteiger partial charge in [-0.05, 0) is 31.7 Å². The minimum Gasteiger partial charge on any atom is -0.373 e. The summed E-state index contributed by atoms with van der Waals surface area (Å²) < 4.78 is 5.63. The highest BCUT2D eigenvalue weighted by Crippen LogP contribution is 2.39. The monoisotopic (exact) mass is 207 g/mol. The maximum Gasteiger partial charge on any atom is 0.162 e. The average Bonchev–Trinajstić information content (AvgIpc) is 2.79. The lowest BCUT2D eigenvalue weighted by Crippen LogP contribution is -2.27. The van der Waals surface area contributed by atoms with Crippen molar-refractivity contribution in [2.24, 2.45) is 0 Å². The first-order valence-electron chi connectivity index (χ1n) is 5.37. The number of nitrogens with zero attached hydrogens (tertiary/aromatic N) is 2. The Morgan fingerprint density at radius 2 is 2.13 bits per heavy atom. The van der Waals surface area contributed by atoms with Gasteiger partial charge in [0.05, 0.1) is 0 Å². The molecule has 0 spiro atoms. The van der Waals surface area contributed by atoms with Crippen molar-refractivity contribution in [1.29, 1.82) is 0 Å². The Balaban J connectivity index is 2.33. The molecule has 15 heavy (non-hydrogen) atoms. The number of nitrogens with one attached hydrogen (secondary N) is 1. The summed E-state index contributed by atoms with van der Waals surface area (Å²) >= 11 is 0. The van der Waals surface area contributed by atoms with Gasteiger partial charge in [-0.15, -0.1) is 0 Å². The number of ether oxygens (including phenoxy) is 1. The van der Waals surface area contributed by atoms with Gasteiger partial charge in [0.25, 0.3) is 0 Å². The van der Waals surface area contributed by atoms with Gasteiger partial charge in [0.15, 0.2) is 5.82 Å². The summed E-state index contributed by atoms with van der Waals surface area (Å²) in [5.41, 5.74) is -0.243. The first-order chi connectivity index (χ1) is 7.30. The molecule has 0 saturated heterocycles. The first kappa shape index (κ1) is 10.4. The van der Waals surface area contributed by atoms with Crippen LogP contribution in [0.3, 0.4) is 0 Å². The SMILES string of the molecule is CNc1ccnc(C2(OC)CCCC2)n1. The molecule has 0 radical (unpaired) electrons. The van der Waals surface area contributed by atoms with Crippen LogP contribution in [0.1, 0.15) is 31.5 Å². The lowest BCUT2D eigenvalue weighted by Gasteiger charge is -2.25. The molecule has 0 unspecified atom stereocenters. The molecule has 0 amide bonds. The molecule has 1 fully saturated rings. The van der Waals surface area contributed by atoms with Gasteiger partial charge in [0.1, 0.15) is 11.4 Å². The average molecular weight is 207 g/mol. The van der Waals surface area contributed by atoms with Gasteiger partial charge in [-0.25, -0.2) is 9.97 Å². The van der Waals surface area contributed by atoms with E-state index in [0.717, 1.165) is 24.5 Å². The maximum atomic E-state index is 5.63. The van der Waals surface area contributed by atoms with Crippen LogP contribution in [0.15, 0.2) is 12.3 Å². The molecule has 1 aliphatic rings. The molecule has 4 heteroatoms. The highest BCUT2D eigenvalue weighted by Gasteiger charge is 2.38. The molecule has 2 rings (SSSR count). The molecule has 1 N–H and O–H groups in total. The van der Waals surface area contributed by atoms with E-state index in [1.807, 2.05) is 13.1 Å². The zero-order valence-corrected chi connectivity index (χ0v) is 9.29. The van der Waals surface area contributed by atoms with E-state index >= 15 is 0 Å². The molecule has 1 aromatic rings. The van der Waals surface area contributed by atoms with Crippen LogP contribution in [0.4, 0.5) is 5.82 Å². The van der Waals surface area contributed by atoms with Crippen LogP contribution in [0.5, 0.6) is 0 Å². The van der Waals surface area contributed by atoms with Crippen molar-refractivity contribution in [3.05, 3.63) is 18.1 Å². The third-order valence-corrected chi connectivity index (χ3v) is 3.12. The van der Waals surface area contributed by atoms with Crippen LogP contribution in [0, 0.1) is 0 Å². The second-order valence-electron chi connectivity index (χ2n) is 3.92. The van der Waals surface area contributed by atoms with E-state index in [2.05, 4.69) is 15.3 Å². The van der Waals surface area contributed by atoms with Crippen LogP contribution in [0.2, 0.25) is 0 Å². The first-order valence-corrected chi connectivity index (χ1v) is 5.37. The molecule has 0 aliphatic heterocycles. The maximum absolute atomic E-state index is 5.63. The molecular formula is C11H17N3O. The smallest absolute Gasteiger partial charge is 0.162 e. The quantitative estimate of drug-likeness (QED) is 0.822. The molecule has 82 valence electrons. The molecule has 1 aliphatic carbocycles. The van der Waals surface area contributed by atoms with E-state index in [9.17, 15) is 0 Å². The fourth-order valence-corrected chi connectivity index (χ4v) is 2.18. The molecule has 0 bridgehead atoms. The van der Waals surface area contributed by atoms with Crippen LogP contribution in [-0.2, 0) is 10.3 Å². The van der Waals surface area contributed by atoms with E-state index in [1.165, 1.54) is 12.8 Å². The molecule has 0 aromatic carbocycles. The molecule has 4 nitrogen and oxygen atoms in total. The Morgan fingerprint density at radius 1 is 1.40 bits per heavy atom. The van der Waals surface area contributed by atoms with Crippen molar-refractivity contribution in [3.63, 3.8) is 0 Å². The van der Waals surface area contributed by atoms with Crippen LogP contribution >= 0.6 is 0 Å².